The van der Waals surface area contributed by atoms with Gasteiger partial charge in [-0.1, -0.05) is 23.7 Å². The third-order valence-electron chi connectivity index (χ3n) is 5.02. The number of nitrogens with one attached hydrogen (secondary N) is 2. The highest BCUT2D eigenvalue weighted by Gasteiger charge is 2.35. The topological polar surface area (TPSA) is 87.7 Å². The number of nitrogens with zero attached hydrogens (tertiary/aromatic N) is 1. The Morgan fingerprint density at radius 1 is 1.16 bits per heavy atom. The van der Waals surface area contributed by atoms with Crippen molar-refractivity contribution in [1.29, 1.82) is 0 Å². The molecule has 3 rings (SSSR count). The van der Waals surface area contributed by atoms with Crippen LogP contribution in [0.4, 0.5) is 11.4 Å². The van der Waals surface area contributed by atoms with E-state index in [0.717, 1.165) is 0 Å². The number of carbonyl (C=O) groups excluding carboxylic acids is 3. The van der Waals surface area contributed by atoms with Crippen LogP contribution >= 0.6 is 11.6 Å². The molecule has 2 aromatic rings. The van der Waals surface area contributed by atoms with E-state index in [1.165, 1.54) is 0 Å². The Bertz CT molecular complexity index is 933. The summed E-state index contributed by atoms with van der Waals surface area (Å²) in [6.07, 6.45) is 0.819. The minimum absolute atomic E-state index is 0.111. The summed E-state index contributed by atoms with van der Waals surface area (Å²) in [7, 11) is 0. The second-order valence-corrected chi connectivity index (χ2v) is 7.66. The molecule has 8 heteroatoms. The van der Waals surface area contributed by atoms with Gasteiger partial charge in [0.1, 0.15) is 0 Å². The highest BCUT2D eigenvalue weighted by molar-refractivity contribution is 6.30. The molecule has 1 unspecified atom stereocenters. The molecule has 0 spiro atoms. The number of hydrogen-bond acceptors (Lipinski definition) is 4. The monoisotopic (exact) mass is 443 g/mol. The van der Waals surface area contributed by atoms with Gasteiger partial charge >= 0.3 is 0 Å². The van der Waals surface area contributed by atoms with Crippen LogP contribution in [0.3, 0.4) is 0 Å². The van der Waals surface area contributed by atoms with Gasteiger partial charge in [0.2, 0.25) is 11.8 Å². The molecular formula is C23H26ClN3O4. The summed E-state index contributed by atoms with van der Waals surface area (Å²) in [6.45, 7) is 3.90. The number of hydrogen-bond donors (Lipinski definition) is 2. The van der Waals surface area contributed by atoms with Gasteiger partial charge in [-0.05, 0) is 49.7 Å². The summed E-state index contributed by atoms with van der Waals surface area (Å²) in [6, 6.07) is 13.8. The van der Waals surface area contributed by atoms with Gasteiger partial charge < -0.3 is 20.3 Å². The van der Waals surface area contributed by atoms with Gasteiger partial charge in [0.25, 0.3) is 5.91 Å². The molecule has 2 N–H and O–H groups in total. The molecule has 0 aromatic heterocycles. The number of anilines is 2. The highest BCUT2D eigenvalue weighted by Crippen LogP contribution is 2.27. The lowest BCUT2D eigenvalue weighted by Crippen LogP contribution is -2.30. The van der Waals surface area contributed by atoms with E-state index >= 15 is 0 Å². The van der Waals surface area contributed by atoms with E-state index < -0.39 is 5.92 Å². The molecule has 0 radical (unpaired) electrons. The summed E-state index contributed by atoms with van der Waals surface area (Å²) in [5, 5.41) is 6.24. The number of benzene rings is 2. The van der Waals surface area contributed by atoms with Crippen molar-refractivity contribution in [3.8, 4) is 0 Å². The van der Waals surface area contributed by atoms with Gasteiger partial charge in [-0.15, -0.1) is 0 Å². The second-order valence-electron chi connectivity index (χ2n) is 7.22. The van der Waals surface area contributed by atoms with E-state index in [1.54, 1.807) is 53.4 Å². The van der Waals surface area contributed by atoms with E-state index in [-0.39, 0.29) is 30.7 Å². The largest absolute Gasteiger partial charge is 0.382 e. The number of halogens is 1. The zero-order valence-corrected chi connectivity index (χ0v) is 18.2. The fraction of sp³-hybridized carbons (Fsp3) is 0.348. The average Bonchev–Trinajstić information content (AvgIpc) is 3.16. The zero-order valence-electron chi connectivity index (χ0n) is 17.4. The molecule has 164 valence electrons. The van der Waals surface area contributed by atoms with Gasteiger partial charge in [0, 0.05) is 43.4 Å². The molecule has 2 aromatic carbocycles. The smallest absolute Gasteiger partial charge is 0.253 e. The molecule has 1 aliphatic rings. The van der Waals surface area contributed by atoms with Crippen LogP contribution in [-0.2, 0) is 14.3 Å². The Kier molecular flexibility index (Phi) is 8.03. The minimum atomic E-state index is -0.509. The molecule has 0 aliphatic carbocycles. The number of para-hydroxylation sites is 1. The van der Waals surface area contributed by atoms with Crippen molar-refractivity contribution in [3.05, 3.63) is 59.1 Å². The second kappa shape index (κ2) is 10.9. The summed E-state index contributed by atoms with van der Waals surface area (Å²) >= 11 is 5.91. The molecular weight excluding hydrogens is 418 g/mol. The van der Waals surface area contributed by atoms with Gasteiger partial charge in [-0.2, -0.15) is 0 Å². The van der Waals surface area contributed by atoms with Gasteiger partial charge in [-0.3, -0.25) is 14.4 Å². The maximum Gasteiger partial charge on any atom is 0.253 e. The van der Waals surface area contributed by atoms with Crippen LogP contribution in [0, 0.1) is 5.92 Å². The van der Waals surface area contributed by atoms with E-state index in [1.807, 2.05) is 6.92 Å². The number of carbonyl (C=O) groups is 3. The molecule has 0 bridgehead atoms. The quantitative estimate of drug-likeness (QED) is 0.581. The van der Waals surface area contributed by atoms with E-state index in [0.29, 0.717) is 48.1 Å². The van der Waals surface area contributed by atoms with Gasteiger partial charge in [0.05, 0.1) is 17.2 Å². The Hall–Kier alpha value is -2.90. The van der Waals surface area contributed by atoms with Crippen LogP contribution in [0.5, 0.6) is 0 Å². The summed E-state index contributed by atoms with van der Waals surface area (Å²) < 4.78 is 5.26. The Balaban J connectivity index is 1.61. The van der Waals surface area contributed by atoms with Crippen LogP contribution in [0.2, 0.25) is 5.02 Å². The maximum atomic E-state index is 12.8. The molecule has 1 heterocycles. The van der Waals surface area contributed by atoms with Gasteiger partial charge in [-0.25, -0.2) is 0 Å². The Morgan fingerprint density at radius 3 is 2.65 bits per heavy atom. The van der Waals surface area contributed by atoms with Crippen molar-refractivity contribution in [3.63, 3.8) is 0 Å². The van der Waals surface area contributed by atoms with Crippen molar-refractivity contribution in [2.45, 2.75) is 19.8 Å². The first kappa shape index (κ1) is 22.8. The predicted molar refractivity (Wildman–Crippen MR) is 120 cm³/mol. The van der Waals surface area contributed by atoms with E-state index in [4.69, 9.17) is 16.3 Å². The molecule has 0 saturated carbocycles. The molecule has 3 amide bonds. The third-order valence-corrected chi connectivity index (χ3v) is 5.27. The molecule has 7 nitrogen and oxygen atoms in total. The van der Waals surface area contributed by atoms with Crippen molar-refractivity contribution >= 4 is 40.7 Å². The first-order valence-electron chi connectivity index (χ1n) is 10.3. The zero-order chi connectivity index (χ0) is 22.2. The van der Waals surface area contributed by atoms with Crippen LogP contribution in [0.25, 0.3) is 0 Å². The van der Waals surface area contributed by atoms with Crippen molar-refractivity contribution in [2.75, 3.05) is 36.5 Å². The summed E-state index contributed by atoms with van der Waals surface area (Å²) in [4.78, 5) is 39.4. The lowest BCUT2D eigenvalue weighted by atomic mass is 10.1. The number of amides is 3. The first-order chi connectivity index (χ1) is 15.0. The van der Waals surface area contributed by atoms with Crippen LogP contribution in [0.15, 0.2) is 48.5 Å². The number of rotatable bonds is 9. The Morgan fingerprint density at radius 2 is 1.90 bits per heavy atom. The van der Waals surface area contributed by atoms with Crippen LogP contribution in [0.1, 0.15) is 30.1 Å². The van der Waals surface area contributed by atoms with E-state index in [2.05, 4.69) is 10.6 Å². The fourth-order valence-corrected chi connectivity index (χ4v) is 3.52. The molecule has 1 aliphatic heterocycles. The summed E-state index contributed by atoms with van der Waals surface area (Å²) in [5.74, 6) is -1.19. The van der Waals surface area contributed by atoms with Crippen LogP contribution < -0.4 is 15.5 Å². The molecule has 1 saturated heterocycles. The maximum absolute atomic E-state index is 12.8. The van der Waals surface area contributed by atoms with E-state index in [9.17, 15) is 14.4 Å². The Labute approximate surface area is 186 Å². The minimum Gasteiger partial charge on any atom is -0.382 e. The lowest BCUT2D eigenvalue weighted by molar-refractivity contribution is -0.122. The average molecular weight is 444 g/mol. The van der Waals surface area contributed by atoms with Crippen LogP contribution in [-0.4, -0.2) is 44.0 Å². The standard InChI is InChI=1S/C23H26ClN3O4/c1-2-31-13-5-12-25-23(30)19-6-3-4-7-20(19)26-22(29)16-14-21(28)27(15-16)18-10-8-17(24)9-11-18/h3-4,6-11,16H,2,5,12-15H2,1H3,(H,25,30)(H,26,29). The lowest BCUT2D eigenvalue weighted by Gasteiger charge is -2.17. The fourth-order valence-electron chi connectivity index (χ4n) is 3.39. The third kappa shape index (κ3) is 6.06. The SMILES string of the molecule is CCOCCCNC(=O)c1ccccc1NC(=O)C1CC(=O)N(c2ccc(Cl)cc2)C1. The van der Waals surface area contributed by atoms with Crippen molar-refractivity contribution < 1.29 is 19.1 Å². The molecule has 31 heavy (non-hydrogen) atoms. The van der Waals surface area contributed by atoms with Gasteiger partial charge in [0.15, 0.2) is 0 Å². The predicted octanol–water partition coefficient (Wildman–Crippen LogP) is 3.49. The normalized spacial score (nSPS) is 15.7. The number of ether oxygens (including phenoxy) is 1. The van der Waals surface area contributed by atoms with Crippen molar-refractivity contribution in [2.24, 2.45) is 5.92 Å². The first-order valence-corrected chi connectivity index (χ1v) is 10.7. The molecule has 1 atom stereocenters. The highest BCUT2D eigenvalue weighted by atomic mass is 35.5. The molecule has 1 fully saturated rings. The summed E-state index contributed by atoms with van der Waals surface area (Å²) in [5.41, 5.74) is 1.51. The van der Waals surface area contributed by atoms with Crippen molar-refractivity contribution in [1.82, 2.24) is 5.32 Å².